The van der Waals surface area contributed by atoms with Crippen molar-refractivity contribution in [2.24, 2.45) is 0 Å². The lowest BCUT2D eigenvalue weighted by Gasteiger charge is -2.19. The first-order valence-electron chi connectivity index (χ1n) is 4.67. The van der Waals surface area contributed by atoms with Crippen molar-refractivity contribution in [3.05, 3.63) is 0 Å². The predicted molar refractivity (Wildman–Crippen MR) is 46.1 cm³/mol. The topological polar surface area (TPSA) is 109 Å². The van der Waals surface area contributed by atoms with Crippen molar-refractivity contribution >= 4 is 17.8 Å². The normalized spacial score (nSPS) is 11.8. The minimum absolute atomic E-state index is 0.203. The second-order valence-electron chi connectivity index (χ2n) is 3.10. The molecule has 6 nitrogen and oxygen atoms in total. The van der Waals surface area contributed by atoms with E-state index in [9.17, 15) is 24.6 Å². The fourth-order valence-corrected chi connectivity index (χ4v) is 1.00. The Bertz CT molecular complexity index is 251. The third-order valence-electron chi connectivity index (χ3n) is 1.73. The standard InChI is InChI=1S/C9H15NO5/c1-2-3-7(11)10-6(9(14)15)4-5-8(12)13/h6H,2-5H2,1H3,(H,10,11)(H,12,13)(H,14,15)/p-2/t6-/m0/s1. The molecule has 0 aromatic rings. The predicted octanol–water partition coefficient (Wildman–Crippen LogP) is -2.45. The Hall–Kier alpha value is -1.59. The summed E-state index contributed by atoms with van der Waals surface area (Å²) in [6, 6.07) is -1.26. The Balaban J connectivity index is 4.10. The van der Waals surface area contributed by atoms with Crippen LogP contribution in [-0.4, -0.2) is 23.9 Å². The van der Waals surface area contributed by atoms with Gasteiger partial charge in [-0.3, -0.25) is 4.79 Å². The monoisotopic (exact) mass is 215 g/mol. The van der Waals surface area contributed by atoms with Crippen LogP contribution < -0.4 is 15.5 Å². The van der Waals surface area contributed by atoms with Crippen LogP contribution in [0.1, 0.15) is 32.6 Å². The second-order valence-corrected chi connectivity index (χ2v) is 3.10. The number of carbonyl (C=O) groups excluding carboxylic acids is 3. The highest BCUT2D eigenvalue weighted by atomic mass is 16.4. The molecule has 0 saturated carbocycles. The van der Waals surface area contributed by atoms with Gasteiger partial charge < -0.3 is 25.1 Å². The Morgan fingerprint density at radius 1 is 1.20 bits per heavy atom. The molecular formula is C9H13NO5-2. The number of carbonyl (C=O) groups is 3. The summed E-state index contributed by atoms with van der Waals surface area (Å²) in [5.74, 6) is -3.27. The number of hydrogen-bond acceptors (Lipinski definition) is 5. The van der Waals surface area contributed by atoms with Gasteiger partial charge >= 0.3 is 0 Å². The first kappa shape index (κ1) is 13.4. The lowest BCUT2D eigenvalue weighted by molar-refractivity contribution is -0.310. The number of carboxylic acid groups (broad SMARTS) is 2. The minimum Gasteiger partial charge on any atom is -0.550 e. The molecule has 0 aromatic heterocycles. The fraction of sp³-hybridized carbons (Fsp3) is 0.667. The molecule has 0 aliphatic heterocycles. The molecule has 6 heteroatoms. The molecule has 86 valence electrons. The molecule has 0 saturated heterocycles. The molecule has 0 spiro atoms. The summed E-state index contributed by atoms with van der Waals surface area (Å²) in [7, 11) is 0. The van der Waals surface area contributed by atoms with Crippen LogP contribution in [0.2, 0.25) is 0 Å². The number of aliphatic carboxylic acids is 2. The van der Waals surface area contributed by atoms with E-state index in [2.05, 4.69) is 5.32 Å². The highest BCUT2D eigenvalue weighted by Gasteiger charge is 2.12. The molecule has 0 aliphatic rings. The van der Waals surface area contributed by atoms with Crippen molar-refractivity contribution in [2.75, 3.05) is 0 Å². The van der Waals surface area contributed by atoms with Crippen molar-refractivity contribution in [2.45, 2.75) is 38.6 Å². The van der Waals surface area contributed by atoms with E-state index in [1.807, 2.05) is 0 Å². The van der Waals surface area contributed by atoms with Crippen molar-refractivity contribution < 1.29 is 24.6 Å². The summed E-state index contributed by atoms with van der Waals surface area (Å²) >= 11 is 0. The van der Waals surface area contributed by atoms with Crippen LogP contribution in [0.25, 0.3) is 0 Å². The first-order valence-corrected chi connectivity index (χ1v) is 4.67. The van der Waals surface area contributed by atoms with Crippen molar-refractivity contribution in [1.29, 1.82) is 0 Å². The number of rotatable bonds is 7. The van der Waals surface area contributed by atoms with Crippen molar-refractivity contribution in [3.63, 3.8) is 0 Å². The van der Waals surface area contributed by atoms with Gasteiger partial charge in [0.2, 0.25) is 5.91 Å². The smallest absolute Gasteiger partial charge is 0.220 e. The molecule has 0 radical (unpaired) electrons. The third kappa shape index (κ3) is 6.48. The molecule has 1 N–H and O–H groups in total. The minimum atomic E-state index is -1.49. The average Bonchev–Trinajstić information content (AvgIpc) is 2.11. The summed E-state index contributed by atoms with van der Waals surface area (Å²) in [5, 5.41) is 22.8. The molecule has 0 unspecified atom stereocenters. The van der Waals surface area contributed by atoms with Crippen LogP contribution in [0.4, 0.5) is 0 Å². The van der Waals surface area contributed by atoms with Gasteiger partial charge in [-0.1, -0.05) is 6.92 Å². The maximum Gasteiger partial charge on any atom is 0.220 e. The fourth-order valence-electron chi connectivity index (χ4n) is 1.00. The maximum atomic E-state index is 11.0. The van der Waals surface area contributed by atoms with E-state index in [0.717, 1.165) is 0 Å². The molecule has 0 aliphatic carbocycles. The van der Waals surface area contributed by atoms with Crippen molar-refractivity contribution in [1.82, 2.24) is 5.32 Å². The van der Waals surface area contributed by atoms with Crippen molar-refractivity contribution in [3.8, 4) is 0 Å². The summed E-state index contributed by atoms with van der Waals surface area (Å²) in [4.78, 5) is 31.7. The Labute approximate surface area is 87.3 Å². The molecule has 1 amide bonds. The van der Waals surface area contributed by atoms with Crippen LogP contribution in [0.15, 0.2) is 0 Å². The van der Waals surface area contributed by atoms with Gasteiger partial charge in [-0.25, -0.2) is 0 Å². The second kappa shape index (κ2) is 6.80. The van der Waals surface area contributed by atoms with E-state index < -0.39 is 30.3 Å². The molecule has 0 bridgehead atoms. The van der Waals surface area contributed by atoms with Crippen LogP contribution >= 0.6 is 0 Å². The van der Waals surface area contributed by atoms with Gasteiger partial charge in [0.25, 0.3) is 0 Å². The van der Waals surface area contributed by atoms with Crippen LogP contribution in [0, 0.1) is 0 Å². The van der Waals surface area contributed by atoms with E-state index >= 15 is 0 Å². The number of nitrogens with one attached hydrogen (secondary N) is 1. The van der Waals surface area contributed by atoms with Crippen LogP contribution in [0.3, 0.4) is 0 Å². The SMILES string of the molecule is CCCC(=O)N[C@@H](CCC(=O)[O-])C(=O)[O-]. The zero-order chi connectivity index (χ0) is 11.8. The third-order valence-corrected chi connectivity index (χ3v) is 1.73. The first-order chi connectivity index (χ1) is 6.97. The maximum absolute atomic E-state index is 11.0. The Kier molecular flexibility index (Phi) is 6.08. The van der Waals surface area contributed by atoms with Gasteiger partial charge in [-0.15, -0.1) is 0 Å². The van der Waals surface area contributed by atoms with Gasteiger partial charge in [0.05, 0.1) is 12.0 Å². The molecule has 0 heterocycles. The lowest BCUT2D eigenvalue weighted by Crippen LogP contribution is -2.48. The molecule has 0 aromatic carbocycles. The Morgan fingerprint density at radius 3 is 2.20 bits per heavy atom. The zero-order valence-electron chi connectivity index (χ0n) is 8.45. The van der Waals surface area contributed by atoms with Crippen LogP contribution in [0.5, 0.6) is 0 Å². The summed E-state index contributed by atoms with van der Waals surface area (Å²) in [5.41, 5.74) is 0. The number of amides is 1. The van der Waals surface area contributed by atoms with Gasteiger partial charge in [-0.2, -0.15) is 0 Å². The van der Waals surface area contributed by atoms with Gasteiger partial charge in [-0.05, 0) is 19.3 Å². The highest BCUT2D eigenvalue weighted by molar-refractivity contribution is 5.82. The molecule has 15 heavy (non-hydrogen) atoms. The van der Waals surface area contributed by atoms with Crippen LogP contribution in [-0.2, 0) is 14.4 Å². The van der Waals surface area contributed by atoms with E-state index in [0.29, 0.717) is 6.42 Å². The summed E-state index contributed by atoms with van der Waals surface area (Å²) in [6.07, 6.45) is 0.145. The zero-order valence-corrected chi connectivity index (χ0v) is 8.45. The molecular weight excluding hydrogens is 202 g/mol. The summed E-state index contributed by atoms with van der Waals surface area (Å²) < 4.78 is 0. The summed E-state index contributed by atoms with van der Waals surface area (Å²) in [6.45, 7) is 1.77. The van der Waals surface area contributed by atoms with E-state index in [4.69, 9.17) is 0 Å². The van der Waals surface area contributed by atoms with E-state index in [1.165, 1.54) is 0 Å². The molecule has 1 atom stereocenters. The number of carboxylic acids is 2. The molecule has 0 fully saturated rings. The quantitative estimate of drug-likeness (QED) is 0.507. The van der Waals surface area contributed by atoms with E-state index in [1.54, 1.807) is 6.92 Å². The molecule has 0 rings (SSSR count). The van der Waals surface area contributed by atoms with Gasteiger partial charge in [0.15, 0.2) is 0 Å². The van der Waals surface area contributed by atoms with Gasteiger partial charge in [0, 0.05) is 12.4 Å². The number of hydrogen-bond donors (Lipinski definition) is 1. The average molecular weight is 215 g/mol. The van der Waals surface area contributed by atoms with Gasteiger partial charge in [0.1, 0.15) is 0 Å². The van der Waals surface area contributed by atoms with E-state index in [-0.39, 0.29) is 12.8 Å². The lowest BCUT2D eigenvalue weighted by atomic mass is 10.1. The highest BCUT2D eigenvalue weighted by Crippen LogP contribution is 1.97. The largest absolute Gasteiger partial charge is 0.550 e. The Morgan fingerprint density at radius 2 is 1.80 bits per heavy atom.